The van der Waals surface area contributed by atoms with Crippen LogP contribution in [0, 0.1) is 24.0 Å². The molecule has 0 fully saturated rings. The Labute approximate surface area is 191 Å². The summed E-state index contributed by atoms with van der Waals surface area (Å²) < 4.78 is 11.0. The number of amides is 1. The first-order valence-electron chi connectivity index (χ1n) is 10.1. The number of nitrogens with zero attached hydrogens (tertiary/aromatic N) is 2. The van der Waals surface area contributed by atoms with E-state index < -0.39 is 4.92 Å². The molecule has 0 spiro atoms. The van der Waals surface area contributed by atoms with Gasteiger partial charge in [-0.3, -0.25) is 20.3 Å². The van der Waals surface area contributed by atoms with E-state index in [2.05, 4.69) is 15.8 Å². The number of hydrazone groups is 1. The molecule has 0 radical (unpaired) electrons. The van der Waals surface area contributed by atoms with Crippen molar-refractivity contribution < 1.29 is 19.2 Å². The average Bonchev–Trinajstić information content (AvgIpc) is 2.80. The Bertz CT molecular complexity index is 1190. The summed E-state index contributed by atoms with van der Waals surface area (Å²) in [4.78, 5) is 22.7. The second kappa shape index (κ2) is 10.8. The van der Waals surface area contributed by atoms with Crippen LogP contribution in [0.15, 0.2) is 65.8 Å². The smallest absolute Gasteiger partial charge is 0.271 e. The van der Waals surface area contributed by atoms with Crippen LogP contribution in [0.4, 0.5) is 17.1 Å². The second-order valence-electron chi connectivity index (χ2n) is 7.24. The van der Waals surface area contributed by atoms with E-state index in [1.165, 1.54) is 25.5 Å². The first kappa shape index (κ1) is 23.3. The molecule has 0 unspecified atom stereocenters. The molecule has 0 atom stereocenters. The van der Waals surface area contributed by atoms with Gasteiger partial charge in [0.15, 0.2) is 18.1 Å². The molecule has 9 heteroatoms. The van der Waals surface area contributed by atoms with Gasteiger partial charge in [-0.05, 0) is 55.3 Å². The molecule has 3 rings (SSSR count). The number of carbonyl (C=O) groups is 1. The number of nitrogens with one attached hydrogen (secondary N) is 2. The Morgan fingerprint density at radius 2 is 1.91 bits per heavy atom. The van der Waals surface area contributed by atoms with Crippen molar-refractivity contribution in [1.82, 2.24) is 0 Å². The van der Waals surface area contributed by atoms with Crippen LogP contribution in [0.5, 0.6) is 11.5 Å². The van der Waals surface area contributed by atoms with Gasteiger partial charge >= 0.3 is 0 Å². The van der Waals surface area contributed by atoms with E-state index in [9.17, 15) is 14.9 Å². The third kappa shape index (κ3) is 6.54. The number of hydrogen-bond acceptors (Lipinski definition) is 7. The minimum atomic E-state index is -0.472. The minimum Gasteiger partial charge on any atom is -0.493 e. The summed E-state index contributed by atoms with van der Waals surface area (Å²) in [6.45, 7) is 3.75. The van der Waals surface area contributed by atoms with Gasteiger partial charge in [-0.25, -0.2) is 0 Å². The van der Waals surface area contributed by atoms with Crippen molar-refractivity contribution in [3.05, 3.63) is 87.5 Å². The Morgan fingerprint density at radius 3 is 2.64 bits per heavy atom. The fourth-order valence-electron chi connectivity index (χ4n) is 3.04. The van der Waals surface area contributed by atoms with Gasteiger partial charge in [0.2, 0.25) is 0 Å². The highest BCUT2D eigenvalue weighted by Gasteiger charge is 2.10. The van der Waals surface area contributed by atoms with Crippen LogP contribution >= 0.6 is 0 Å². The first-order chi connectivity index (χ1) is 15.9. The summed E-state index contributed by atoms with van der Waals surface area (Å²) in [5, 5.41) is 17.8. The van der Waals surface area contributed by atoms with Crippen molar-refractivity contribution in [3.63, 3.8) is 0 Å². The van der Waals surface area contributed by atoms with Crippen molar-refractivity contribution in [2.75, 3.05) is 24.5 Å². The average molecular weight is 448 g/mol. The molecule has 170 valence electrons. The molecule has 0 aliphatic carbocycles. The minimum absolute atomic E-state index is 0.0278. The second-order valence-corrected chi connectivity index (χ2v) is 7.24. The number of non-ortho nitro benzene ring substituents is 1. The van der Waals surface area contributed by atoms with Crippen molar-refractivity contribution in [2.24, 2.45) is 5.10 Å². The molecule has 0 aliphatic rings. The van der Waals surface area contributed by atoms with Gasteiger partial charge in [0.1, 0.15) is 0 Å². The van der Waals surface area contributed by atoms with Crippen LogP contribution in [0.25, 0.3) is 0 Å². The molecule has 0 saturated heterocycles. The number of methoxy groups -OCH3 is 1. The van der Waals surface area contributed by atoms with Gasteiger partial charge in [-0.2, -0.15) is 5.10 Å². The Hall–Kier alpha value is -4.40. The van der Waals surface area contributed by atoms with Gasteiger partial charge in [0.25, 0.3) is 11.6 Å². The monoisotopic (exact) mass is 448 g/mol. The number of hydrogen-bond donors (Lipinski definition) is 2. The maximum absolute atomic E-state index is 12.3. The van der Waals surface area contributed by atoms with E-state index in [-0.39, 0.29) is 18.2 Å². The highest BCUT2D eigenvalue weighted by Crippen LogP contribution is 2.28. The lowest BCUT2D eigenvalue weighted by Crippen LogP contribution is -2.20. The third-order valence-electron chi connectivity index (χ3n) is 4.67. The van der Waals surface area contributed by atoms with E-state index in [4.69, 9.17) is 9.47 Å². The fraction of sp³-hybridized carbons (Fsp3) is 0.167. The highest BCUT2D eigenvalue weighted by atomic mass is 16.6. The Kier molecular flexibility index (Phi) is 7.59. The van der Waals surface area contributed by atoms with Crippen molar-refractivity contribution in [1.29, 1.82) is 0 Å². The Morgan fingerprint density at radius 1 is 1.09 bits per heavy atom. The molecule has 9 nitrogen and oxygen atoms in total. The van der Waals surface area contributed by atoms with E-state index in [1.54, 1.807) is 30.3 Å². The zero-order valence-electron chi connectivity index (χ0n) is 18.5. The maximum Gasteiger partial charge on any atom is 0.271 e. The quantitative estimate of drug-likeness (QED) is 0.279. The van der Waals surface area contributed by atoms with E-state index in [0.29, 0.717) is 22.7 Å². The van der Waals surface area contributed by atoms with Gasteiger partial charge in [0.05, 0.1) is 23.9 Å². The predicted molar refractivity (Wildman–Crippen MR) is 127 cm³/mol. The SMILES string of the molecule is COc1cc(C=NNc2cccc([N+](=O)[O-])c2)ccc1OCC(=O)Nc1ccc(C)cc1C. The standard InChI is InChI=1S/C24H24N4O5/c1-16-7-9-21(17(2)11-16)26-24(29)15-33-22-10-8-18(12-23(22)32-3)14-25-27-19-5-4-6-20(13-19)28(30)31/h4-14,27H,15H2,1-3H3,(H,26,29). The molecular formula is C24H24N4O5. The molecule has 0 saturated carbocycles. The topological polar surface area (TPSA) is 115 Å². The summed E-state index contributed by atoms with van der Waals surface area (Å²) in [6, 6.07) is 16.9. The lowest BCUT2D eigenvalue weighted by molar-refractivity contribution is -0.384. The van der Waals surface area contributed by atoms with Crippen molar-refractivity contribution in [3.8, 4) is 11.5 Å². The summed E-state index contributed by atoms with van der Waals surface area (Å²) in [5.74, 6) is 0.571. The number of carbonyl (C=O) groups excluding carboxylic acids is 1. The predicted octanol–water partition coefficient (Wildman–Crippen LogP) is 4.68. The molecule has 3 aromatic rings. The van der Waals surface area contributed by atoms with Crippen LogP contribution in [0.3, 0.4) is 0 Å². The van der Waals surface area contributed by atoms with Gasteiger partial charge < -0.3 is 14.8 Å². The number of rotatable bonds is 9. The number of benzene rings is 3. The van der Waals surface area contributed by atoms with Gasteiger partial charge in [-0.15, -0.1) is 0 Å². The molecule has 0 aliphatic heterocycles. The van der Waals surface area contributed by atoms with Crippen molar-refractivity contribution in [2.45, 2.75) is 13.8 Å². The summed E-state index contributed by atoms with van der Waals surface area (Å²) in [6.07, 6.45) is 1.54. The Balaban J connectivity index is 1.59. The van der Waals surface area contributed by atoms with Crippen LogP contribution in [-0.2, 0) is 4.79 Å². The zero-order valence-corrected chi connectivity index (χ0v) is 18.5. The van der Waals surface area contributed by atoms with Gasteiger partial charge in [0, 0.05) is 17.8 Å². The normalized spacial score (nSPS) is 10.6. The molecule has 2 N–H and O–H groups in total. The van der Waals surface area contributed by atoms with Crippen LogP contribution in [0.1, 0.15) is 16.7 Å². The molecule has 0 bridgehead atoms. The van der Waals surface area contributed by atoms with Crippen molar-refractivity contribution >= 4 is 29.2 Å². The number of ether oxygens (including phenoxy) is 2. The summed E-state index contributed by atoms with van der Waals surface area (Å²) in [5.41, 5.74) is 6.75. The van der Waals surface area contributed by atoms with Crippen LogP contribution in [0.2, 0.25) is 0 Å². The fourth-order valence-corrected chi connectivity index (χ4v) is 3.04. The molecule has 33 heavy (non-hydrogen) atoms. The van der Waals surface area contributed by atoms with Gasteiger partial charge in [-0.1, -0.05) is 23.8 Å². The number of nitro groups is 1. The molecule has 0 heterocycles. The lowest BCUT2D eigenvalue weighted by atomic mass is 10.1. The van der Waals surface area contributed by atoms with Crippen LogP contribution < -0.4 is 20.2 Å². The summed E-state index contributed by atoms with van der Waals surface area (Å²) >= 11 is 0. The van der Waals surface area contributed by atoms with E-state index >= 15 is 0 Å². The lowest BCUT2D eigenvalue weighted by Gasteiger charge is -2.12. The third-order valence-corrected chi connectivity index (χ3v) is 4.67. The number of aryl methyl sites for hydroxylation is 2. The molecule has 0 aromatic heterocycles. The largest absolute Gasteiger partial charge is 0.493 e. The van der Waals surface area contributed by atoms with E-state index in [0.717, 1.165) is 16.8 Å². The van der Waals surface area contributed by atoms with Crippen LogP contribution in [-0.4, -0.2) is 30.8 Å². The molecule has 3 aromatic carbocycles. The summed E-state index contributed by atoms with van der Waals surface area (Å²) in [7, 11) is 1.50. The zero-order chi connectivity index (χ0) is 23.8. The first-order valence-corrected chi connectivity index (χ1v) is 10.1. The molecular weight excluding hydrogens is 424 g/mol. The number of nitro benzene ring substituents is 1. The number of anilines is 2. The molecule has 1 amide bonds. The van der Waals surface area contributed by atoms with E-state index in [1.807, 2.05) is 32.0 Å². The highest BCUT2D eigenvalue weighted by molar-refractivity contribution is 5.92. The maximum atomic E-state index is 12.3.